The summed E-state index contributed by atoms with van der Waals surface area (Å²) in [5, 5.41) is 9.20. The summed E-state index contributed by atoms with van der Waals surface area (Å²) < 4.78 is 4.39. The van der Waals surface area contributed by atoms with Gasteiger partial charge in [-0.25, -0.2) is 14.3 Å². The Hall–Kier alpha value is -1.77. The fourth-order valence-corrected chi connectivity index (χ4v) is 4.06. The standard InChI is InChI=1S/C12H17N7O4S3/c1-12(2)14-5-9(16-23-11(13)21)19(12)8-25-26-15-6-10(20)22-17-18-3-4-24-7-18/h3-5,15H,6-8H2,1-2H3,(H-,13,21)/p+1. The zero-order valence-electron chi connectivity index (χ0n) is 14.0. The predicted molar refractivity (Wildman–Crippen MR) is 101 cm³/mol. The van der Waals surface area contributed by atoms with Gasteiger partial charge in [0.15, 0.2) is 5.84 Å². The molecule has 0 aliphatic carbocycles. The Bertz CT molecular complexity index is 665. The van der Waals surface area contributed by atoms with Crippen molar-refractivity contribution >= 4 is 57.6 Å². The Labute approximate surface area is 162 Å². The molecule has 14 heteroatoms. The molecule has 0 aromatic heterocycles. The van der Waals surface area contributed by atoms with Crippen LogP contribution in [0, 0.1) is 0 Å². The number of thioether (sulfide) groups is 1. The average molecular weight is 421 g/mol. The van der Waals surface area contributed by atoms with Crippen LogP contribution in [-0.4, -0.2) is 57.7 Å². The van der Waals surface area contributed by atoms with Gasteiger partial charge in [0, 0.05) is 5.41 Å². The fourth-order valence-electron chi connectivity index (χ4n) is 1.69. The molecule has 2 aliphatic rings. The lowest BCUT2D eigenvalue weighted by molar-refractivity contribution is -0.531. The van der Waals surface area contributed by atoms with Gasteiger partial charge in [0.25, 0.3) is 0 Å². The number of oxime groups is 1. The predicted octanol–water partition coefficient (Wildman–Crippen LogP) is 1.46. The molecule has 3 N–H and O–H groups in total. The lowest BCUT2D eigenvalue weighted by atomic mass is 10.2. The maximum absolute atomic E-state index is 11.6. The maximum Gasteiger partial charge on any atom is 0.430 e. The second-order valence-electron chi connectivity index (χ2n) is 5.26. The van der Waals surface area contributed by atoms with Gasteiger partial charge in [-0.15, -0.1) is 0 Å². The van der Waals surface area contributed by atoms with E-state index in [-0.39, 0.29) is 6.54 Å². The fraction of sp³-hybridized carbons (Fsp3) is 0.500. The Morgan fingerprint density at radius 2 is 2.35 bits per heavy atom. The number of nitrogens with one attached hydrogen (secondary N) is 1. The molecule has 0 radical (unpaired) electrons. The molecule has 0 saturated heterocycles. The van der Waals surface area contributed by atoms with E-state index in [2.05, 4.69) is 25.0 Å². The minimum absolute atomic E-state index is 0.00249. The van der Waals surface area contributed by atoms with Crippen LogP contribution in [0.2, 0.25) is 0 Å². The van der Waals surface area contributed by atoms with Gasteiger partial charge in [-0.1, -0.05) is 27.7 Å². The van der Waals surface area contributed by atoms with E-state index in [0.717, 1.165) is 0 Å². The molecule has 26 heavy (non-hydrogen) atoms. The first kappa shape index (κ1) is 20.5. The number of nitrogens with zero attached hydrogens (tertiary/aromatic N) is 5. The van der Waals surface area contributed by atoms with E-state index in [0.29, 0.717) is 17.6 Å². The minimum Gasteiger partial charge on any atom is -0.333 e. The molecule has 0 saturated carbocycles. The van der Waals surface area contributed by atoms with Crippen LogP contribution >= 0.6 is 33.5 Å². The molecule has 0 unspecified atom stereocenters. The van der Waals surface area contributed by atoms with E-state index in [1.54, 1.807) is 18.0 Å². The zero-order chi connectivity index (χ0) is 19.0. The van der Waals surface area contributed by atoms with Crippen molar-refractivity contribution in [1.82, 2.24) is 9.62 Å². The van der Waals surface area contributed by atoms with Crippen molar-refractivity contribution in [1.29, 1.82) is 0 Å². The molecule has 0 aromatic carbocycles. The molecule has 0 atom stereocenters. The molecule has 2 aliphatic heterocycles. The molecular formula is C12H18N7O4S3+. The van der Waals surface area contributed by atoms with E-state index in [1.807, 2.05) is 24.2 Å². The quantitative estimate of drug-likeness (QED) is 0.149. The van der Waals surface area contributed by atoms with E-state index in [9.17, 15) is 9.59 Å². The molecule has 2 rings (SSSR count). The van der Waals surface area contributed by atoms with Crippen LogP contribution in [0.15, 0.2) is 27.0 Å². The van der Waals surface area contributed by atoms with Gasteiger partial charge in [0.1, 0.15) is 12.2 Å². The normalized spacial score (nSPS) is 20.9. The molecule has 11 nitrogen and oxygen atoms in total. The number of amides is 1. The molecule has 2 heterocycles. The van der Waals surface area contributed by atoms with Crippen molar-refractivity contribution in [2.45, 2.75) is 19.5 Å². The number of nitrogens with two attached hydrogens (primary N) is 1. The second-order valence-corrected chi connectivity index (χ2v) is 8.28. The van der Waals surface area contributed by atoms with Crippen molar-refractivity contribution in [3.63, 3.8) is 0 Å². The lowest BCUT2D eigenvalue weighted by Crippen LogP contribution is -2.41. The highest BCUT2D eigenvalue weighted by molar-refractivity contribution is 8.76. The van der Waals surface area contributed by atoms with Crippen LogP contribution < -0.4 is 10.5 Å². The minimum atomic E-state index is -0.994. The van der Waals surface area contributed by atoms with E-state index >= 15 is 0 Å². The summed E-state index contributed by atoms with van der Waals surface area (Å²) in [7, 11) is 2.67. The number of amidine groups is 1. The topological polar surface area (TPSA) is 134 Å². The molecule has 1 amide bonds. The van der Waals surface area contributed by atoms with Gasteiger partial charge >= 0.3 is 12.1 Å². The van der Waals surface area contributed by atoms with Gasteiger partial charge < -0.3 is 10.6 Å². The number of carbonyl (C=O) groups excluding carboxylic acids is 2. The third kappa shape index (κ3) is 6.51. The molecule has 142 valence electrons. The van der Waals surface area contributed by atoms with Crippen molar-refractivity contribution < 1.29 is 24.0 Å². The maximum atomic E-state index is 11.6. The second kappa shape index (κ2) is 9.80. The summed E-state index contributed by atoms with van der Waals surface area (Å²) in [6.07, 6.45) is 2.23. The smallest absolute Gasteiger partial charge is 0.333 e. The summed E-state index contributed by atoms with van der Waals surface area (Å²) in [5.74, 6) is 0.991. The molecule has 0 bridgehead atoms. The highest BCUT2D eigenvalue weighted by atomic mass is 33.1. The van der Waals surface area contributed by atoms with E-state index in [1.165, 1.54) is 32.7 Å². The van der Waals surface area contributed by atoms with Crippen LogP contribution in [-0.2, 0) is 14.5 Å². The van der Waals surface area contributed by atoms with Crippen molar-refractivity contribution in [3.8, 4) is 0 Å². The first-order chi connectivity index (χ1) is 12.4. The number of hydrogen-bond acceptors (Lipinski definition) is 11. The summed E-state index contributed by atoms with van der Waals surface area (Å²) in [6.45, 7) is 3.77. The van der Waals surface area contributed by atoms with Crippen molar-refractivity contribution in [3.05, 3.63) is 11.6 Å². The third-order valence-electron chi connectivity index (χ3n) is 2.96. The highest BCUT2D eigenvalue weighted by Crippen LogP contribution is 2.27. The largest absolute Gasteiger partial charge is 0.430 e. The van der Waals surface area contributed by atoms with Gasteiger partial charge in [-0.2, -0.15) is 0 Å². The monoisotopic (exact) mass is 420 g/mol. The van der Waals surface area contributed by atoms with Gasteiger partial charge in [-0.3, -0.25) is 14.7 Å². The van der Waals surface area contributed by atoms with Crippen molar-refractivity contribution in [2.75, 3.05) is 18.3 Å². The Morgan fingerprint density at radius 3 is 3.04 bits per heavy atom. The molecule has 0 fully saturated rings. The lowest BCUT2D eigenvalue weighted by Gasteiger charge is -2.30. The third-order valence-corrected chi connectivity index (χ3v) is 5.46. The van der Waals surface area contributed by atoms with Gasteiger partial charge in [0.2, 0.25) is 17.4 Å². The number of hydrogen-bond donors (Lipinski definition) is 2. The van der Waals surface area contributed by atoms with E-state index < -0.39 is 17.7 Å². The van der Waals surface area contributed by atoms with Crippen LogP contribution in [0.4, 0.5) is 4.79 Å². The molecule has 0 spiro atoms. The van der Waals surface area contributed by atoms with Gasteiger partial charge in [-0.05, 0) is 29.5 Å². The summed E-state index contributed by atoms with van der Waals surface area (Å²) in [6, 6.07) is 0. The molecule has 0 aromatic rings. The summed E-state index contributed by atoms with van der Waals surface area (Å²) >= 11 is 1.55. The number of rotatable bonds is 8. The molecular weight excluding hydrogens is 402 g/mol. The Balaban J connectivity index is 1.68. The van der Waals surface area contributed by atoms with Crippen LogP contribution in [0.5, 0.6) is 0 Å². The average Bonchev–Trinajstić information content (AvgIpc) is 3.19. The first-order valence-corrected chi connectivity index (χ1v) is 10.6. The zero-order valence-corrected chi connectivity index (χ0v) is 16.5. The summed E-state index contributed by atoms with van der Waals surface area (Å²) in [5.41, 5.74) is 4.37. The Morgan fingerprint density at radius 1 is 1.54 bits per heavy atom. The summed E-state index contributed by atoms with van der Waals surface area (Å²) in [4.78, 5) is 37.6. The first-order valence-electron chi connectivity index (χ1n) is 7.23. The highest BCUT2D eigenvalue weighted by Gasteiger charge is 2.33. The van der Waals surface area contributed by atoms with Gasteiger partial charge in [0.05, 0.1) is 12.1 Å². The van der Waals surface area contributed by atoms with Crippen LogP contribution in [0.25, 0.3) is 0 Å². The van der Waals surface area contributed by atoms with Crippen LogP contribution in [0.1, 0.15) is 13.8 Å². The van der Waals surface area contributed by atoms with E-state index in [4.69, 9.17) is 10.6 Å². The Kier molecular flexibility index (Phi) is 7.74. The number of carbonyl (C=O) groups is 2. The van der Waals surface area contributed by atoms with Crippen molar-refractivity contribution in [2.24, 2.45) is 21.2 Å². The van der Waals surface area contributed by atoms with Crippen LogP contribution in [0.3, 0.4) is 0 Å². The number of aliphatic imine (C=N–C) groups is 1. The number of primary amides is 1. The SMILES string of the molecule is CC1(C)N=CC(=NOC(N)=O)N1CSSNCC(=O)ON=[N+]1C=CSC1.